The van der Waals surface area contributed by atoms with E-state index >= 15 is 0 Å². The first-order valence-corrected chi connectivity index (χ1v) is 7.96. The van der Waals surface area contributed by atoms with Gasteiger partial charge in [-0.2, -0.15) is 0 Å². The van der Waals surface area contributed by atoms with Crippen LogP contribution in [0.15, 0.2) is 30.3 Å². The minimum atomic E-state index is -0.342. The second-order valence-corrected chi connectivity index (χ2v) is 6.30. The van der Waals surface area contributed by atoms with E-state index in [1.54, 1.807) is 4.90 Å². The molecule has 2 amide bonds. The van der Waals surface area contributed by atoms with E-state index in [1.807, 2.05) is 42.2 Å². The summed E-state index contributed by atoms with van der Waals surface area (Å²) in [6, 6.07) is 9.72. The Balaban J connectivity index is 0.00000192. The number of halogens is 1. The fourth-order valence-corrected chi connectivity index (χ4v) is 3.05. The molecule has 1 aliphatic heterocycles. The van der Waals surface area contributed by atoms with E-state index in [0.29, 0.717) is 19.1 Å². The molecule has 2 atom stereocenters. The molecule has 1 saturated heterocycles. The molecule has 23 heavy (non-hydrogen) atoms. The first-order valence-electron chi connectivity index (χ1n) is 7.96. The number of piperazine rings is 1. The first kappa shape index (κ1) is 17.8. The number of rotatable bonds is 4. The Morgan fingerprint density at radius 2 is 1.87 bits per heavy atom. The van der Waals surface area contributed by atoms with E-state index in [4.69, 9.17) is 5.73 Å². The highest BCUT2D eigenvalue weighted by molar-refractivity contribution is 5.87. The number of hydrogen-bond acceptors (Lipinski definition) is 3. The highest BCUT2D eigenvalue weighted by Crippen LogP contribution is 2.29. The van der Waals surface area contributed by atoms with Crippen molar-refractivity contribution in [3.05, 3.63) is 35.9 Å². The smallest absolute Gasteiger partial charge is 0.242 e. The lowest BCUT2D eigenvalue weighted by Gasteiger charge is -2.36. The molecule has 1 aromatic carbocycles. The number of hydrogen-bond donors (Lipinski definition) is 1. The molecular formula is C17H24ClN3O2. The normalized spacial score (nSPS) is 20.7. The van der Waals surface area contributed by atoms with Gasteiger partial charge in [0.05, 0.1) is 12.5 Å². The maximum atomic E-state index is 12.6. The molecule has 0 bridgehead atoms. The maximum Gasteiger partial charge on any atom is 0.242 e. The zero-order valence-corrected chi connectivity index (χ0v) is 14.2. The Hall–Kier alpha value is -1.59. The number of benzene rings is 1. The molecule has 2 N–H and O–H groups in total. The van der Waals surface area contributed by atoms with Gasteiger partial charge in [0.1, 0.15) is 0 Å². The molecule has 2 fully saturated rings. The summed E-state index contributed by atoms with van der Waals surface area (Å²) in [6.07, 6.45) is 2.21. The largest absolute Gasteiger partial charge is 0.336 e. The van der Waals surface area contributed by atoms with Gasteiger partial charge in [-0.1, -0.05) is 37.3 Å². The van der Waals surface area contributed by atoms with Gasteiger partial charge < -0.3 is 15.5 Å². The van der Waals surface area contributed by atoms with Crippen LogP contribution in [-0.2, 0) is 9.59 Å². The molecule has 0 aromatic heterocycles. The molecule has 0 spiro atoms. The van der Waals surface area contributed by atoms with Gasteiger partial charge in [0.25, 0.3) is 0 Å². The van der Waals surface area contributed by atoms with Crippen molar-refractivity contribution >= 4 is 24.2 Å². The molecule has 1 saturated carbocycles. The SMILES string of the molecule is CC(C(=O)N1CCN(C2CC2)C(=O)C1)C(N)c1ccccc1.Cl. The Kier molecular flexibility index (Phi) is 5.65. The molecule has 3 rings (SSSR count). The van der Waals surface area contributed by atoms with Crippen molar-refractivity contribution in [1.29, 1.82) is 0 Å². The van der Waals surface area contributed by atoms with E-state index in [-0.39, 0.29) is 42.7 Å². The van der Waals surface area contributed by atoms with Crippen molar-refractivity contribution in [3.63, 3.8) is 0 Å². The van der Waals surface area contributed by atoms with Crippen LogP contribution in [0.2, 0.25) is 0 Å². The molecule has 5 nitrogen and oxygen atoms in total. The summed E-state index contributed by atoms with van der Waals surface area (Å²) in [5.74, 6) is -0.287. The van der Waals surface area contributed by atoms with Crippen molar-refractivity contribution in [1.82, 2.24) is 9.80 Å². The summed E-state index contributed by atoms with van der Waals surface area (Å²) >= 11 is 0. The molecule has 1 aliphatic carbocycles. The van der Waals surface area contributed by atoms with Crippen LogP contribution in [0.1, 0.15) is 31.4 Å². The average molecular weight is 338 g/mol. The van der Waals surface area contributed by atoms with Crippen LogP contribution >= 0.6 is 12.4 Å². The summed E-state index contributed by atoms with van der Waals surface area (Å²) in [5, 5.41) is 0. The van der Waals surface area contributed by atoms with Crippen LogP contribution in [0.3, 0.4) is 0 Å². The van der Waals surface area contributed by atoms with Gasteiger partial charge >= 0.3 is 0 Å². The van der Waals surface area contributed by atoms with Crippen LogP contribution in [0.25, 0.3) is 0 Å². The van der Waals surface area contributed by atoms with E-state index < -0.39 is 0 Å². The minimum absolute atomic E-state index is 0. The fourth-order valence-electron chi connectivity index (χ4n) is 3.05. The van der Waals surface area contributed by atoms with Gasteiger partial charge in [0, 0.05) is 25.2 Å². The van der Waals surface area contributed by atoms with Crippen molar-refractivity contribution in [3.8, 4) is 0 Å². The van der Waals surface area contributed by atoms with E-state index in [2.05, 4.69) is 0 Å². The Bertz CT molecular complexity index is 562. The Labute approximate surface area is 143 Å². The van der Waals surface area contributed by atoms with Crippen LogP contribution in [0.4, 0.5) is 0 Å². The predicted molar refractivity (Wildman–Crippen MR) is 91.1 cm³/mol. The van der Waals surface area contributed by atoms with Crippen LogP contribution in [0, 0.1) is 5.92 Å². The van der Waals surface area contributed by atoms with Gasteiger partial charge in [-0.3, -0.25) is 9.59 Å². The minimum Gasteiger partial charge on any atom is -0.336 e. The molecule has 0 radical (unpaired) electrons. The van der Waals surface area contributed by atoms with Gasteiger partial charge in [0.15, 0.2) is 0 Å². The predicted octanol–water partition coefficient (Wildman–Crippen LogP) is 1.58. The van der Waals surface area contributed by atoms with Crippen molar-refractivity contribution in [2.75, 3.05) is 19.6 Å². The topological polar surface area (TPSA) is 66.6 Å². The number of nitrogens with zero attached hydrogens (tertiary/aromatic N) is 2. The summed E-state index contributed by atoms with van der Waals surface area (Å²) in [5.41, 5.74) is 7.17. The van der Waals surface area contributed by atoms with Crippen LogP contribution in [0.5, 0.6) is 0 Å². The Morgan fingerprint density at radius 1 is 1.22 bits per heavy atom. The molecule has 2 aliphatic rings. The molecule has 126 valence electrons. The number of carbonyl (C=O) groups excluding carboxylic acids is 2. The molecular weight excluding hydrogens is 314 g/mol. The number of carbonyl (C=O) groups is 2. The van der Waals surface area contributed by atoms with Crippen molar-refractivity contribution in [2.45, 2.75) is 31.8 Å². The molecule has 1 aromatic rings. The molecule has 6 heteroatoms. The van der Waals surface area contributed by atoms with E-state index in [9.17, 15) is 9.59 Å². The Morgan fingerprint density at radius 3 is 2.43 bits per heavy atom. The maximum absolute atomic E-state index is 12.6. The average Bonchev–Trinajstić information content (AvgIpc) is 3.38. The van der Waals surface area contributed by atoms with Crippen LogP contribution in [-0.4, -0.2) is 47.3 Å². The quantitative estimate of drug-likeness (QED) is 0.907. The lowest BCUT2D eigenvalue weighted by atomic mass is 9.94. The highest BCUT2D eigenvalue weighted by Gasteiger charge is 2.38. The summed E-state index contributed by atoms with van der Waals surface area (Å²) in [7, 11) is 0. The van der Waals surface area contributed by atoms with Crippen molar-refractivity contribution in [2.24, 2.45) is 11.7 Å². The second-order valence-electron chi connectivity index (χ2n) is 6.30. The third kappa shape index (κ3) is 3.85. The summed E-state index contributed by atoms with van der Waals surface area (Å²) in [4.78, 5) is 28.4. The molecule has 1 heterocycles. The molecule has 2 unspecified atom stereocenters. The monoisotopic (exact) mass is 337 g/mol. The highest BCUT2D eigenvalue weighted by atomic mass is 35.5. The van der Waals surface area contributed by atoms with Gasteiger partial charge in [-0.15, -0.1) is 12.4 Å². The third-order valence-electron chi connectivity index (χ3n) is 4.67. The lowest BCUT2D eigenvalue weighted by molar-refractivity contribution is -0.148. The number of amides is 2. The third-order valence-corrected chi connectivity index (χ3v) is 4.67. The summed E-state index contributed by atoms with van der Waals surface area (Å²) < 4.78 is 0. The standard InChI is InChI=1S/C17H23N3O2.ClH/c1-12(16(18)13-5-3-2-4-6-13)17(22)19-9-10-20(14-7-8-14)15(21)11-19;/h2-6,12,14,16H,7-11,18H2,1H3;1H. The lowest BCUT2D eigenvalue weighted by Crippen LogP contribution is -2.54. The first-order chi connectivity index (χ1) is 10.6. The van der Waals surface area contributed by atoms with Gasteiger partial charge in [-0.25, -0.2) is 0 Å². The van der Waals surface area contributed by atoms with Gasteiger partial charge in [-0.05, 0) is 18.4 Å². The van der Waals surface area contributed by atoms with Crippen LogP contribution < -0.4 is 5.73 Å². The summed E-state index contributed by atoms with van der Waals surface area (Å²) in [6.45, 7) is 3.31. The van der Waals surface area contributed by atoms with E-state index in [1.165, 1.54) is 0 Å². The van der Waals surface area contributed by atoms with Crippen molar-refractivity contribution < 1.29 is 9.59 Å². The van der Waals surface area contributed by atoms with Gasteiger partial charge in [0.2, 0.25) is 11.8 Å². The second kappa shape index (κ2) is 7.32. The fraction of sp³-hybridized carbons (Fsp3) is 0.529. The zero-order chi connectivity index (χ0) is 15.7. The zero-order valence-electron chi connectivity index (χ0n) is 13.4. The number of nitrogens with two attached hydrogens (primary N) is 1. The van der Waals surface area contributed by atoms with E-state index in [0.717, 1.165) is 18.4 Å².